The van der Waals surface area contributed by atoms with Gasteiger partial charge >= 0.3 is 0 Å². The lowest BCUT2D eigenvalue weighted by Crippen LogP contribution is -2.51. The van der Waals surface area contributed by atoms with Crippen LogP contribution in [0.25, 0.3) is 22.2 Å². The zero-order valence-corrected chi connectivity index (χ0v) is 18.3. The van der Waals surface area contributed by atoms with E-state index in [9.17, 15) is 27.5 Å². The van der Waals surface area contributed by atoms with Gasteiger partial charge in [-0.3, -0.25) is 4.79 Å². The van der Waals surface area contributed by atoms with E-state index in [-0.39, 0.29) is 10.6 Å². The monoisotopic (exact) mass is 475 g/mol. The number of pyridine rings is 1. The number of ether oxygens (including phenoxy) is 1. The topological polar surface area (TPSA) is 75.0 Å². The molecule has 2 aromatic carbocycles. The number of amides is 1. The van der Waals surface area contributed by atoms with Crippen LogP contribution in [0.1, 0.15) is 29.3 Å². The molecule has 1 aromatic heterocycles. The lowest BCUT2D eigenvalue weighted by molar-refractivity contribution is -0.164. The molecule has 1 aliphatic rings. The van der Waals surface area contributed by atoms with Gasteiger partial charge in [-0.15, -0.1) is 0 Å². The van der Waals surface area contributed by atoms with Gasteiger partial charge in [0, 0.05) is 17.4 Å². The minimum atomic E-state index is -3.52. The van der Waals surface area contributed by atoms with E-state index in [0.717, 1.165) is 5.56 Å². The molecule has 4 rings (SSSR count). The van der Waals surface area contributed by atoms with Gasteiger partial charge in [-0.1, -0.05) is 11.6 Å². The maximum atomic E-state index is 13.7. The van der Waals surface area contributed by atoms with E-state index in [2.05, 4.69) is 10.1 Å². The highest BCUT2D eigenvalue weighted by Crippen LogP contribution is 2.36. The van der Waals surface area contributed by atoms with Crippen LogP contribution in [0.5, 0.6) is 5.75 Å². The quantitative estimate of drug-likeness (QED) is 0.508. The molecule has 6 nitrogen and oxygen atoms in total. The standard InChI is InChI=1S/C24H21F4N3O3/c1-3-34-15-7-5-14(6-8-15)19-11-17(16-10-13(2)4-9-18(16)29-19)22(32)31-24(33,23(27)28)12-20(30-31)21(25)26/h4-11,21,23,33H,3,12H2,1-2H3/t24-/m1/s1. The Labute approximate surface area is 192 Å². The number of halogens is 4. The molecule has 3 aromatic rings. The van der Waals surface area contributed by atoms with Crippen molar-refractivity contribution in [1.29, 1.82) is 0 Å². The molecule has 0 unspecified atom stereocenters. The number of rotatable bonds is 6. The molecular formula is C24H21F4N3O3. The Bertz CT molecular complexity index is 1260. The second kappa shape index (κ2) is 9.02. The van der Waals surface area contributed by atoms with Gasteiger partial charge in [-0.25, -0.2) is 22.5 Å². The molecule has 0 bridgehead atoms. The molecule has 34 heavy (non-hydrogen) atoms. The predicted molar refractivity (Wildman–Crippen MR) is 118 cm³/mol. The number of alkyl halides is 4. The zero-order chi connectivity index (χ0) is 24.6. The summed E-state index contributed by atoms with van der Waals surface area (Å²) in [6.45, 7) is 4.10. The molecule has 1 amide bonds. The number of aryl methyl sites for hydroxylation is 1. The molecular weight excluding hydrogens is 454 g/mol. The highest BCUT2D eigenvalue weighted by molar-refractivity contribution is 6.08. The Hall–Kier alpha value is -3.53. The Balaban J connectivity index is 1.86. The predicted octanol–water partition coefficient (Wildman–Crippen LogP) is 5.03. The number of aliphatic hydroxyl groups is 1. The molecule has 0 saturated carbocycles. The smallest absolute Gasteiger partial charge is 0.287 e. The molecule has 0 aliphatic carbocycles. The summed E-state index contributed by atoms with van der Waals surface area (Å²) in [5.41, 5.74) is -2.16. The van der Waals surface area contributed by atoms with E-state index in [1.165, 1.54) is 6.07 Å². The van der Waals surface area contributed by atoms with E-state index in [4.69, 9.17) is 4.74 Å². The lowest BCUT2D eigenvalue weighted by Gasteiger charge is -2.30. The van der Waals surface area contributed by atoms with Crippen LogP contribution in [0, 0.1) is 6.92 Å². The Morgan fingerprint density at radius 3 is 2.47 bits per heavy atom. The van der Waals surface area contributed by atoms with Crippen molar-refractivity contribution in [3.8, 4) is 17.0 Å². The Kier molecular flexibility index (Phi) is 6.26. The van der Waals surface area contributed by atoms with E-state index in [1.54, 1.807) is 49.4 Å². The van der Waals surface area contributed by atoms with Crippen molar-refractivity contribution in [1.82, 2.24) is 9.99 Å². The number of hydrazone groups is 1. The number of hydrogen-bond acceptors (Lipinski definition) is 5. The summed E-state index contributed by atoms with van der Waals surface area (Å²) in [6, 6.07) is 13.3. The van der Waals surface area contributed by atoms with Crippen LogP contribution in [-0.2, 0) is 0 Å². The minimum absolute atomic E-state index is 0.0677. The van der Waals surface area contributed by atoms with Crippen molar-refractivity contribution in [2.24, 2.45) is 5.10 Å². The van der Waals surface area contributed by atoms with Crippen LogP contribution < -0.4 is 4.74 Å². The fourth-order valence-electron chi connectivity index (χ4n) is 3.77. The fourth-order valence-corrected chi connectivity index (χ4v) is 3.77. The number of nitrogens with zero attached hydrogens (tertiary/aromatic N) is 3. The van der Waals surface area contributed by atoms with Crippen molar-refractivity contribution < 1.29 is 32.2 Å². The third-order valence-corrected chi connectivity index (χ3v) is 5.49. The van der Waals surface area contributed by atoms with Crippen molar-refractivity contribution in [3.05, 3.63) is 59.7 Å². The highest BCUT2D eigenvalue weighted by Gasteiger charge is 2.53. The molecule has 0 saturated heterocycles. The van der Waals surface area contributed by atoms with Gasteiger partial charge in [0.05, 0.1) is 23.4 Å². The number of carbonyl (C=O) groups excluding carboxylic acids is 1. The SMILES string of the molecule is CCOc1ccc(-c2cc(C(=O)N3N=C(C(F)F)C[C@@]3(O)C(F)F)c3cc(C)ccc3n2)cc1. The first-order valence-electron chi connectivity index (χ1n) is 10.5. The summed E-state index contributed by atoms with van der Waals surface area (Å²) < 4.78 is 59.3. The third kappa shape index (κ3) is 4.21. The number of hydrogen-bond donors (Lipinski definition) is 1. The lowest BCUT2D eigenvalue weighted by atomic mass is 10.0. The largest absolute Gasteiger partial charge is 0.494 e. The Morgan fingerprint density at radius 2 is 1.85 bits per heavy atom. The summed E-state index contributed by atoms with van der Waals surface area (Å²) in [7, 11) is 0. The second-order valence-electron chi connectivity index (χ2n) is 7.90. The van der Waals surface area contributed by atoms with Gasteiger partial charge in [0.1, 0.15) is 11.5 Å². The van der Waals surface area contributed by atoms with Crippen LogP contribution in [0.2, 0.25) is 0 Å². The molecule has 2 heterocycles. The van der Waals surface area contributed by atoms with Gasteiger partial charge in [0.15, 0.2) is 0 Å². The van der Waals surface area contributed by atoms with Crippen LogP contribution in [0.3, 0.4) is 0 Å². The molecule has 1 aliphatic heterocycles. The molecule has 0 fully saturated rings. The zero-order valence-electron chi connectivity index (χ0n) is 18.3. The van der Waals surface area contributed by atoms with Crippen LogP contribution in [0.4, 0.5) is 17.6 Å². The minimum Gasteiger partial charge on any atom is -0.494 e. The van der Waals surface area contributed by atoms with E-state index in [1.807, 2.05) is 6.92 Å². The number of fused-ring (bicyclic) bond motifs is 1. The van der Waals surface area contributed by atoms with Gasteiger partial charge in [0.25, 0.3) is 18.8 Å². The van der Waals surface area contributed by atoms with Crippen molar-refractivity contribution in [2.75, 3.05) is 6.61 Å². The molecule has 1 atom stereocenters. The fraction of sp³-hybridized carbons (Fsp3) is 0.292. The third-order valence-electron chi connectivity index (χ3n) is 5.49. The summed E-state index contributed by atoms with van der Waals surface area (Å²) in [4.78, 5) is 18.0. The maximum absolute atomic E-state index is 13.7. The van der Waals surface area contributed by atoms with Crippen LogP contribution in [-0.4, -0.2) is 51.9 Å². The van der Waals surface area contributed by atoms with Crippen molar-refractivity contribution in [2.45, 2.75) is 38.8 Å². The van der Waals surface area contributed by atoms with E-state index in [0.29, 0.717) is 34.5 Å². The van der Waals surface area contributed by atoms with Crippen LogP contribution in [0.15, 0.2) is 53.6 Å². The van der Waals surface area contributed by atoms with Gasteiger partial charge < -0.3 is 9.84 Å². The summed E-state index contributed by atoms with van der Waals surface area (Å²) in [5, 5.41) is 14.2. The van der Waals surface area contributed by atoms with E-state index >= 15 is 0 Å². The first kappa shape index (κ1) is 23.6. The first-order chi connectivity index (χ1) is 16.1. The van der Waals surface area contributed by atoms with Gasteiger partial charge in [-0.05, 0) is 56.3 Å². The van der Waals surface area contributed by atoms with Crippen molar-refractivity contribution >= 4 is 22.5 Å². The second-order valence-corrected chi connectivity index (χ2v) is 7.90. The number of benzene rings is 2. The van der Waals surface area contributed by atoms with Crippen LogP contribution >= 0.6 is 0 Å². The molecule has 0 spiro atoms. The van der Waals surface area contributed by atoms with Crippen molar-refractivity contribution in [3.63, 3.8) is 0 Å². The van der Waals surface area contributed by atoms with Gasteiger partial charge in [0.2, 0.25) is 5.72 Å². The normalized spacial score (nSPS) is 18.1. The molecule has 0 radical (unpaired) electrons. The molecule has 1 N–H and O–H groups in total. The highest BCUT2D eigenvalue weighted by atomic mass is 19.3. The van der Waals surface area contributed by atoms with Gasteiger partial charge in [-0.2, -0.15) is 10.1 Å². The number of carbonyl (C=O) groups is 1. The number of aromatic nitrogens is 1. The van der Waals surface area contributed by atoms with E-state index < -0.39 is 36.6 Å². The summed E-state index contributed by atoms with van der Waals surface area (Å²) in [6.07, 6.45) is -7.86. The maximum Gasteiger partial charge on any atom is 0.287 e. The average molecular weight is 475 g/mol. The summed E-state index contributed by atoms with van der Waals surface area (Å²) in [5.74, 6) is -0.504. The average Bonchev–Trinajstić information content (AvgIpc) is 3.18. The molecule has 10 heteroatoms. The Morgan fingerprint density at radius 1 is 1.15 bits per heavy atom. The first-order valence-corrected chi connectivity index (χ1v) is 10.5. The summed E-state index contributed by atoms with van der Waals surface area (Å²) >= 11 is 0. The molecule has 178 valence electrons.